The molecule has 0 aromatic carbocycles. The van der Waals surface area contributed by atoms with Crippen LogP contribution in [0.15, 0.2) is 0 Å². The van der Waals surface area contributed by atoms with Gasteiger partial charge in [0.15, 0.2) is 5.78 Å². The van der Waals surface area contributed by atoms with Crippen LogP contribution >= 0.6 is 0 Å². The molecular formula is C8H14O4S. The molecule has 1 fully saturated rings. The smallest absolute Gasteiger partial charge is 0.258 e. The summed E-state index contributed by atoms with van der Waals surface area (Å²) >= 11 is 0. The van der Waals surface area contributed by atoms with Crippen molar-refractivity contribution in [1.82, 2.24) is 0 Å². The van der Waals surface area contributed by atoms with E-state index in [4.69, 9.17) is 4.18 Å². The van der Waals surface area contributed by atoms with Crippen molar-refractivity contribution in [2.45, 2.75) is 44.6 Å². The van der Waals surface area contributed by atoms with Gasteiger partial charge < -0.3 is 0 Å². The highest BCUT2D eigenvalue weighted by molar-refractivity contribution is 7.67. The van der Waals surface area contributed by atoms with Gasteiger partial charge in [-0.05, 0) is 19.8 Å². The van der Waals surface area contributed by atoms with E-state index in [1.165, 1.54) is 6.92 Å². The molecule has 0 aromatic rings. The zero-order valence-electron chi connectivity index (χ0n) is 7.62. The summed E-state index contributed by atoms with van der Waals surface area (Å²) in [7, 11) is -2.93. The van der Waals surface area contributed by atoms with Crippen molar-refractivity contribution in [1.29, 1.82) is 0 Å². The first kappa shape index (κ1) is 10.7. The van der Waals surface area contributed by atoms with E-state index in [1.54, 1.807) is 0 Å². The van der Waals surface area contributed by atoms with E-state index in [0.29, 0.717) is 12.8 Å². The number of carbonyl (C=O) groups is 1. The summed E-state index contributed by atoms with van der Waals surface area (Å²) in [5.74, 6) is -0.175. The summed E-state index contributed by atoms with van der Waals surface area (Å²) in [5, 5.41) is 0. The largest absolute Gasteiger partial charge is 0.297 e. The molecule has 4 nitrogen and oxygen atoms in total. The van der Waals surface area contributed by atoms with Gasteiger partial charge in [-0.25, -0.2) is 8.42 Å². The van der Waals surface area contributed by atoms with Gasteiger partial charge in [-0.2, -0.15) is 0 Å². The zero-order chi connectivity index (χ0) is 9.90. The van der Waals surface area contributed by atoms with Gasteiger partial charge >= 0.3 is 0 Å². The van der Waals surface area contributed by atoms with E-state index >= 15 is 0 Å². The van der Waals surface area contributed by atoms with Crippen molar-refractivity contribution < 1.29 is 17.4 Å². The van der Waals surface area contributed by atoms with Gasteiger partial charge in [-0.1, -0.05) is 19.3 Å². The Morgan fingerprint density at radius 2 is 1.77 bits per heavy atom. The fourth-order valence-electron chi connectivity index (χ4n) is 1.77. The molecule has 0 aliphatic heterocycles. The van der Waals surface area contributed by atoms with Crippen molar-refractivity contribution in [2.75, 3.05) is 0 Å². The molecule has 0 bridgehead atoms. The number of rotatable bonds is 3. The van der Waals surface area contributed by atoms with Crippen LogP contribution in [0.4, 0.5) is 0 Å². The summed E-state index contributed by atoms with van der Waals surface area (Å²) in [4.78, 5) is 11.3. The minimum Gasteiger partial charge on any atom is -0.297 e. The minimum atomic E-state index is -2.93. The Morgan fingerprint density at radius 3 is 2.15 bits per heavy atom. The highest BCUT2D eigenvalue weighted by atomic mass is 32.2. The maximum Gasteiger partial charge on any atom is 0.258 e. The molecule has 0 radical (unpaired) electrons. The molecule has 0 saturated heterocycles. The van der Waals surface area contributed by atoms with Crippen LogP contribution in [0.3, 0.4) is 0 Å². The highest BCUT2D eigenvalue weighted by Crippen LogP contribution is 2.32. The molecule has 1 aliphatic carbocycles. The number of thiol groups is 1. The number of ketones is 1. The van der Waals surface area contributed by atoms with Crippen molar-refractivity contribution in [3.63, 3.8) is 0 Å². The van der Waals surface area contributed by atoms with Gasteiger partial charge in [0.05, 0.1) is 0 Å². The zero-order valence-corrected chi connectivity index (χ0v) is 8.51. The Balaban J connectivity index is 2.78. The number of hydrogen-bond acceptors (Lipinski definition) is 4. The number of hydrogen-bond donors (Lipinski definition) is 1. The predicted octanol–water partition coefficient (Wildman–Crippen LogP) is 0.821. The average molecular weight is 206 g/mol. The molecule has 1 aliphatic rings. The second-order valence-corrected chi connectivity index (χ2v) is 4.06. The van der Waals surface area contributed by atoms with E-state index in [0.717, 1.165) is 19.3 Å². The van der Waals surface area contributed by atoms with Crippen LogP contribution < -0.4 is 0 Å². The van der Waals surface area contributed by atoms with Crippen molar-refractivity contribution >= 4 is 16.8 Å². The third-order valence-electron chi connectivity index (χ3n) is 2.55. The van der Waals surface area contributed by atoms with E-state index in [9.17, 15) is 13.2 Å². The molecule has 5 heteroatoms. The Labute approximate surface area is 79.4 Å². The highest BCUT2D eigenvalue weighted by Gasteiger charge is 2.39. The summed E-state index contributed by atoms with van der Waals surface area (Å²) in [5.41, 5.74) is -1.03. The SMILES string of the molecule is CC(=O)C1(O[SH](=O)=O)CCCCC1. The number of Topliss-reactive ketones (excluding diaryl/α,β-unsaturated/α-hetero) is 1. The fraction of sp³-hybridized carbons (Fsp3) is 0.875. The van der Waals surface area contributed by atoms with Crippen molar-refractivity contribution in [3.8, 4) is 0 Å². The lowest BCUT2D eigenvalue weighted by Crippen LogP contribution is -2.41. The van der Waals surface area contributed by atoms with Crippen LogP contribution in [-0.4, -0.2) is 19.8 Å². The fourth-order valence-corrected chi connectivity index (χ4v) is 2.37. The molecular weight excluding hydrogens is 192 g/mol. The molecule has 13 heavy (non-hydrogen) atoms. The summed E-state index contributed by atoms with van der Waals surface area (Å²) in [6, 6.07) is 0. The van der Waals surface area contributed by atoms with Gasteiger partial charge in [-0.3, -0.25) is 8.98 Å². The minimum absolute atomic E-state index is 0.175. The van der Waals surface area contributed by atoms with E-state index in [-0.39, 0.29) is 5.78 Å². The lowest BCUT2D eigenvalue weighted by atomic mass is 9.82. The van der Waals surface area contributed by atoms with E-state index in [2.05, 4.69) is 0 Å². The molecule has 0 unspecified atom stereocenters. The summed E-state index contributed by atoms with van der Waals surface area (Å²) < 4.78 is 25.6. The molecule has 0 atom stereocenters. The third kappa shape index (κ3) is 2.51. The normalized spacial score (nSPS) is 21.7. The Kier molecular flexibility index (Phi) is 3.44. The van der Waals surface area contributed by atoms with Gasteiger partial charge in [0.25, 0.3) is 11.0 Å². The molecule has 0 aromatic heterocycles. The Bertz CT molecular complexity index is 255. The first-order valence-electron chi connectivity index (χ1n) is 4.41. The van der Waals surface area contributed by atoms with Crippen LogP contribution in [0.25, 0.3) is 0 Å². The molecule has 1 saturated carbocycles. The van der Waals surface area contributed by atoms with Crippen LogP contribution in [0, 0.1) is 0 Å². The number of carbonyl (C=O) groups excluding carboxylic acids is 1. The van der Waals surface area contributed by atoms with Crippen molar-refractivity contribution in [3.05, 3.63) is 0 Å². The monoisotopic (exact) mass is 206 g/mol. The molecule has 0 amide bonds. The Morgan fingerprint density at radius 1 is 1.23 bits per heavy atom. The quantitative estimate of drug-likeness (QED) is 0.694. The van der Waals surface area contributed by atoms with E-state index in [1.807, 2.05) is 0 Å². The molecule has 0 spiro atoms. The summed E-state index contributed by atoms with van der Waals surface area (Å²) in [6.45, 7) is 1.39. The van der Waals surface area contributed by atoms with Gasteiger partial charge in [0.1, 0.15) is 5.60 Å². The van der Waals surface area contributed by atoms with Crippen LogP contribution in [0.2, 0.25) is 0 Å². The average Bonchev–Trinajstić information content (AvgIpc) is 2.04. The Hall–Kier alpha value is -0.420. The van der Waals surface area contributed by atoms with E-state index < -0.39 is 16.6 Å². The molecule has 1 rings (SSSR count). The first-order valence-corrected chi connectivity index (χ1v) is 5.51. The maximum absolute atomic E-state index is 11.3. The van der Waals surface area contributed by atoms with Crippen LogP contribution in [-0.2, 0) is 20.0 Å². The molecule has 0 heterocycles. The van der Waals surface area contributed by atoms with Gasteiger partial charge in [-0.15, -0.1) is 0 Å². The maximum atomic E-state index is 11.3. The molecule has 0 N–H and O–H groups in total. The second-order valence-electron chi connectivity index (χ2n) is 3.43. The standard InChI is InChI=1S/C8H14O4S/c1-7(9)8(12-13(10)11)5-3-2-4-6-8/h13H,2-6H2,1H3. The van der Waals surface area contributed by atoms with Gasteiger partial charge in [0.2, 0.25) is 0 Å². The second kappa shape index (κ2) is 4.19. The first-order chi connectivity index (χ1) is 6.07. The van der Waals surface area contributed by atoms with Crippen LogP contribution in [0.1, 0.15) is 39.0 Å². The predicted molar refractivity (Wildman–Crippen MR) is 47.9 cm³/mol. The van der Waals surface area contributed by atoms with Crippen LogP contribution in [0.5, 0.6) is 0 Å². The van der Waals surface area contributed by atoms with Gasteiger partial charge in [0, 0.05) is 0 Å². The lowest BCUT2D eigenvalue weighted by Gasteiger charge is -2.31. The lowest BCUT2D eigenvalue weighted by molar-refractivity contribution is -0.134. The summed E-state index contributed by atoms with van der Waals surface area (Å²) in [6.07, 6.45) is 3.84. The van der Waals surface area contributed by atoms with Crippen molar-refractivity contribution in [2.24, 2.45) is 0 Å². The topological polar surface area (TPSA) is 60.4 Å². The third-order valence-corrected chi connectivity index (χ3v) is 3.05. The molecule has 76 valence electrons.